The van der Waals surface area contributed by atoms with Crippen LogP contribution < -0.4 is 0 Å². The van der Waals surface area contributed by atoms with Crippen molar-refractivity contribution in [3.05, 3.63) is 0 Å². The van der Waals surface area contributed by atoms with Crippen LogP contribution >= 0.6 is 25.3 Å². The Hall–Kier alpha value is 0.0400. The molecule has 0 aliphatic heterocycles. The molecule has 0 saturated heterocycles. The summed E-state index contributed by atoms with van der Waals surface area (Å²) >= 11 is 6.85. The molecule has 0 aromatic rings. The molecule has 0 rings (SSSR count). The van der Waals surface area contributed by atoms with Gasteiger partial charge in [-0.2, -0.15) is 0 Å². The first-order chi connectivity index (χ1) is 3.55. The van der Waals surface area contributed by atoms with Crippen molar-refractivity contribution in [2.75, 3.05) is 0 Å². The average Bonchev–Trinajstić information content (AvgIpc) is 1.64. The van der Waals surface area contributed by atoms with Crippen molar-refractivity contribution in [3.8, 4) is 0 Å². The Morgan fingerprint density at radius 1 is 1.25 bits per heavy atom. The number of rotatable bonds is 2. The summed E-state index contributed by atoms with van der Waals surface area (Å²) in [5, 5.41) is -0.880. The van der Waals surface area contributed by atoms with Gasteiger partial charge in [0.15, 0.2) is 10.2 Å². The number of carbonyl (C=O) groups excluding carboxylic acids is 2. The van der Waals surface area contributed by atoms with Crippen LogP contribution in [0.2, 0.25) is 0 Å². The largest absolute Gasteiger partial charge is 0.287 e. The molecule has 0 atom stereocenters. The van der Waals surface area contributed by atoms with Crippen molar-refractivity contribution in [2.45, 2.75) is 6.92 Å². The zero-order chi connectivity index (χ0) is 6.73. The Morgan fingerprint density at radius 2 is 1.50 bits per heavy atom. The quantitative estimate of drug-likeness (QED) is 0.445. The summed E-state index contributed by atoms with van der Waals surface area (Å²) in [4.78, 5) is 20.4. The summed E-state index contributed by atoms with van der Waals surface area (Å²) < 4.78 is 0. The third-order valence-corrected chi connectivity index (χ3v) is 1.52. The second kappa shape index (κ2) is 3.14. The molecule has 0 N–H and O–H groups in total. The van der Waals surface area contributed by atoms with Gasteiger partial charge in [0, 0.05) is 0 Å². The topological polar surface area (TPSA) is 34.1 Å². The summed E-state index contributed by atoms with van der Waals surface area (Å²) in [6.45, 7) is 1.46. The molecule has 8 heavy (non-hydrogen) atoms. The van der Waals surface area contributed by atoms with Crippen molar-refractivity contribution in [1.29, 1.82) is 0 Å². The summed E-state index contributed by atoms with van der Waals surface area (Å²) in [5.41, 5.74) is 0. The maximum absolute atomic E-state index is 10.2. The highest BCUT2D eigenvalue weighted by molar-refractivity contribution is 7.99. The Morgan fingerprint density at radius 3 is 1.50 bits per heavy atom. The molecule has 0 spiro atoms. The predicted molar refractivity (Wildman–Crippen MR) is 37.2 cm³/mol. The first kappa shape index (κ1) is 8.04. The molecule has 0 aromatic heterocycles. The van der Waals surface area contributed by atoms with Crippen molar-refractivity contribution < 1.29 is 9.59 Å². The Labute approximate surface area is 58.5 Å². The van der Waals surface area contributed by atoms with E-state index in [4.69, 9.17) is 0 Å². The molecule has 0 fully saturated rings. The van der Waals surface area contributed by atoms with Gasteiger partial charge in [-0.05, 0) is 6.92 Å². The average molecular weight is 150 g/mol. The third kappa shape index (κ3) is 2.37. The molecular weight excluding hydrogens is 144 g/mol. The van der Waals surface area contributed by atoms with Gasteiger partial charge in [0.2, 0.25) is 0 Å². The highest BCUT2D eigenvalue weighted by Crippen LogP contribution is 2.03. The number of carbonyl (C=O) groups is 2. The molecule has 0 saturated carbocycles. The molecule has 2 nitrogen and oxygen atoms in total. The Bertz CT molecular complexity index is 107. The first-order valence-electron chi connectivity index (χ1n) is 2.01. The minimum Gasteiger partial charge on any atom is -0.287 e. The number of thiol groups is 2. The highest BCUT2D eigenvalue weighted by Gasteiger charge is 2.13. The summed E-state index contributed by atoms with van der Waals surface area (Å²) in [7, 11) is 0. The van der Waals surface area contributed by atoms with Crippen molar-refractivity contribution in [2.24, 2.45) is 5.92 Å². The van der Waals surface area contributed by atoms with Gasteiger partial charge in [-0.3, -0.25) is 9.59 Å². The van der Waals surface area contributed by atoms with Gasteiger partial charge in [-0.15, -0.1) is 25.3 Å². The fraction of sp³-hybridized carbons (Fsp3) is 0.500. The number of hydrogen-bond donors (Lipinski definition) is 2. The predicted octanol–water partition coefficient (Wildman–Crippen LogP) is 0.535. The maximum atomic E-state index is 10.2. The van der Waals surface area contributed by atoms with Gasteiger partial charge in [-0.25, -0.2) is 0 Å². The van der Waals surface area contributed by atoms with Crippen LogP contribution in [0.15, 0.2) is 0 Å². The monoisotopic (exact) mass is 150 g/mol. The molecule has 4 heteroatoms. The fourth-order valence-electron chi connectivity index (χ4n) is 0.106. The molecule has 46 valence electrons. The summed E-state index contributed by atoms with van der Waals surface area (Å²) in [5.74, 6) is -0.679. The van der Waals surface area contributed by atoms with E-state index in [-0.39, 0.29) is 0 Å². The van der Waals surface area contributed by atoms with Crippen LogP contribution in [0.3, 0.4) is 0 Å². The van der Waals surface area contributed by atoms with E-state index in [9.17, 15) is 9.59 Å². The van der Waals surface area contributed by atoms with Gasteiger partial charge in [0.05, 0.1) is 5.92 Å². The zero-order valence-electron chi connectivity index (χ0n) is 4.29. The Balaban J connectivity index is 3.83. The molecule has 0 unspecified atom stereocenters. The van der Waals surface area contributed by atoms with E-state index < -0.39 is 16.1 Å². The molecule has 0 aromatic carbocycles. The molecular formula is C4H6O2S2. The highest BCUT2D eigenvalue weighted by atomic mass is 32.1. The minimum atomic E-state index is -0.679. The van der Waals surface area contributed by atoms with Crippen LogP contribution in [0.25, 0.3) is 0 Å². The second-order valence-electron chi connectivity index (χ2n) is 1.40. The molecule has 0 bridgehead atoms. The van der Waals surface area contributed by atoms with E-state index in [1.54, 1.807) is 0 Å². The van der Waals surface area contributed by atoms with Crippen molar-refractivity contribution >= 4 is 35.5 Å². The van der Waals surface area contributed by atoms with E-state index in [0.717, 1.165) is 0 Å². The van der Waals surface area contributed by atoms with Gasteiger partial charge in [-0.1, -0.05) is 0 Å². The van der Waals surface area contributed by atoms with E-state index in [1.807, 2.05) is 0 Å². The van der Waals surface area contributed by atoms with E-state index in [0.29, 0.717) is 0 Å². The maximum Gasteiger partial charge on any atom is 0.197 e. The lowest BCUT2D eigenvalue weighted by Gasteiger charge is -1.95. The van der Waals surface area contributed by atoms with E-state index >= 15 is 0 Å². The second-order valence-corrected chi connectivity index (χ2v) is 2.28. The fourth-order valence-corrected chi connectivity index (χ4v) is 0.442. The van der Waals surface area contributed by atoms with Crippen LogP contribution in [0.1, 0.15) is 6.92 Å². The molecule has 0 amide bonds. The molecule has 0 heterocycles. The van der Waals surface area contributed by atoms with Crippen LogP contribution in [-0.4, -0.2) is 10.2 Å². The number of hydrogen-bond acceptors (Lipinski definition) is 2. The standard InChI is InChI=1S/C4H6O2S2/c1-2(3(5)7)4(6)8/h2H,1H3,(H,5,7)(H,6,8). The van der Waals surface area contributed by atoms with Gasteiger partial charge < -0.3 is 0 Å². The third-order valence-electron chi connectivity index (χ3n) is 0.741. The van der Waals surface area contributed by atoms with Crippen LogP contribution in [0, 0.1) is 5.92 Å². The van der Waals surface area contributed by atoms with Crippen LogP contribution in [0.4, 0.5) is 0 Å². The minimum absolute atomic E-state index is 0.440. The van der Waals surface area contributed by atoms with Crippen LogP contribution in [-0.2, 0) is 9.59 Å². The smallest absolute Gasteiger partial charge is 0.197 e. The lowest BCUT2D eigenvalue weighted by atomic mass is 10.2. The lowest BCUT2D eigenvalue weighted by molar-refractivity contribution is -0.122. The zero-order valence-corrected chi connectivity index (χ0v) is 6.08. The van der Waals surface area contributed by atoms with E-state index in [2.05, 4.69) is 25.3 Å². The normalized spacial score (nSPS) is 9.50. The lowest BCUT2D eigenvalue weighted by Crippen LogP contribution is -2.10. The SMILES string of the molecule is CC(C(=O)S)C(=O)S. The molecule has 0 radical (unpaired) electrons. The van der Waals surface area contributed by atoms with Gasteiger partial charge >= 0.3 is 0 Å². The Kier molecular flexibility index (Phi) is 3.16. The summed E-state index contributed by atoms with van der Waals surface area (Å²) in [6.07, 6.45) is 0. The van der Waals surface area contributed by atoms with Crippen LogP contribution in [0.5, 0.6) is 0 Å². The summed E-state index contributed by atoms with van der Waals surface area (Å²) in [6, 6.07) is 0. The van der Waals surface area contributed by atoms with Crippen molar-refractivity contribution in [3.63, 3.8) is 0 Å². The van der Waals surface area contributed by atoms with E-state index in [1.165, 1.54) is 6.92 Å². The molecule has 0 aliphatic rings. The van der Waals surface area contributed by atoms with Gasteiger partial charge in [0.25, 0.3) is 0 Å². The van der Waals surface area contributed by atoms with Gasteiger partial charge in [0.1, 0.15) is 0 Å². The van der Waals surface area contributed by atoms with Crippen molar-refractivity contribution in [1.82, 2.24) is 0 Å². The first-order valence-corrected chi connectivity index (χ1v) is 2.90. The molecule has 0 aliphatic carbocycles.